The van der Waals surface area contributed by atoms with Crippen LogP contribution in [0.4, 0.5) is 5.69 Å². The van der Waals surface area contributed by atoms with Gasteiger partial charge in [-0.05, 0) is 40.8 Å². The first-order chi connectivity index (χ1) is 9.59. The monoisotopic (exact) mass is 342 g/mol. The van der Waals surface area contributed by atoms with Crippen LogP contribution in [0.1, 0.15) is 23.2 Å². The van der Waals surface area contributed by atoms with Crippen LogP contribution in [0.3, 0.4) is 0 Å². The van der Waals surface area contributed by atoms with Gasteiger partial charge in [-0.3, -0.25) is 14.9 Å². The van der Waals surface area contributed by atoms with Crippen LogP contribution in [0.15, 0.2) is 22.7 Å². The summed E-state index contributed by atoms with van der Waals surface area (Å²) < 4.78 is 5.60. The van der Waals surface area contributed by atoms with E-state index in [1.54, 1.807) is 0 Å². The van der Waals surface area contributed by atoms with Crippen molar-refractivity contribution in [3.8, 4) is 0 Å². The van der Waals surface area contributed by atoms with Crippen LogP contribution in [0.2, 0.25) is 0 Å². The smallest absolute Gasteiger partial charge is 0.284 e. The summed E-state index contributed by atoms with van der Waals surface area (Å²) in [7, 11) is 0. The largest absolute Gasteiger partial charge is 0.379 e. The van der Waals surface area contributed by atoms with Gasteiger partial charge >= 0.3 is 0 Å². The normalized spacial score (nSPS) is 14.1. The number of carbonyl (C=O) groups is 1. The summed E-state index contributed by atoms with van der Waals surface area (Å²) in [6.45, 7) is 1.59. The van der Waals surface area contributed by atoms with Gasteiger partial charge in [-0.2, -0.15) is 0 Å². The second-order valence-corrected chi connectivity index (χ2v) is 5.46. The summed E-state index contributed by atoms with van der Waals surface area (Å²) in [6, 6.07) is 4.37. The van der Waals surface area contributed by atoms with Crippen LogP contribution in [0, 0.1) is 16.0 Å². The molecule has 7 heteroatoms. The molecule has 20 heavy (non-hydrogen) atoms. The van der Waals surface area contributed by atoms with Gasteiger partial charge in [0.25, 0.3) is 11.6 Å². The highest BCUT2D eigenvalue weighted by atomic mass is 79.9. The zero-order chi connectivity index (χ0) is 14.5. The Morgan fingerprint density at radius 1 is 1.50 bits per heavy atom. The van der Waals surface area contributed by atoms with Crippen molar-refractivity contribution in [3.05, 3.63) is 38.3 Å². The lowest BCUT2D eigenvalue weighted by molar-refractivity contribution is -0.385. The summed E-state index contributed by atoms with van der Waals surface area (Å²) in [5.41, 5.74) is 0.129. The molecule has 0 radical (unpaired) electrons. The van der Waals surface area contributed by atoms with Crippen molar-refractivity contribution in [1.82, 2.24) is 5.32 Å². The number of benzene rings is 1. The molecule has 0 bridgehead atoms. The third-order valence-corrected chi connectivity index (χ3v) is 3.84. The minimum atomic E-state index is -0.528. The SMILES string of the molecule is O=C(NCCOCC1CC1)c1cccc([N+](=O)[O-])c1Br. The molecule has 0 aliphatic heterocycles. The van der Waals surface area contributed by atoms with Gasteiger partial charge in [0, 0.05) is 19.2 Å². The number of nitro benzene ring substituents is 1. The molecule has 1 aliphatic carbocycles. The highest BCUT2D eigenvalue weighted by molar-refractivity contribution is 9.10. The molecule has 0 heterocycles. The van der Waals surface area contributed by atoms with Gasteiger partial charge in [0.15, 0.2) is 0 Å². The molecule has 0 aromatic heterocycles. The predicted octanol–water partition coefficient (Wildman–Crippen LogP) is 2.51. The number of hydrogen-bond donors (Lipinski definition) is 1. The van der Waals surface area contributed by atoms with Crippen LogP contribution < -0.4 is 5.32 Å². The van der Waals surface area contributed by atoms with Gasteiger partial charge in [0.05, 0.1) is 17.1 Å². The highest BCUT2D eigenvalue weighted by Crippen LogP contribution is 2.29. The lowest BCUT2D eigenvalue weighted by Crippen LogP contribution is -2.27. The van der Waals surface area contributed by atoms with Crippen molar-refractivity contribution in [1.29, 1.82) is 0 Å². The molecule has 1 aromatic rings. The molecule has 6 nitrogen and oxygen atoms in total. The summed E-state index contributed by atoms with van der Waals surface area (Å²) in [5, 5.41) is 13.5. The van der Waals surface area contributed by atoms with Gasteiger partial charge < -0.3 is 10.1 Å². The first-order valence-electron chi connectivity index (χ1n) is 6.38. The fourth-order valence-corrected chi connectivity index (χ4v) is 2.29. The van der Waals surface area contributed by atoms with Crippen LogP contribution in [0.5, 0.6) is 0 Å². The lowest BCUT2D eigenvalue weighted by Gasteiger charge is -2.07. The Kier molecular flexibility index (Phi) is 5.08. The number of amides is 1. The summed E-state index contributed by atoms with van der Waals surface area (Å²) in [6.07, 6.45) is 2.46. The number of nitrogens with one attached hydrogen (secondary N) is 1. The van der Waals surface area contributed by atoms with Gasteiger partial charge in [-0.1, -0.05) is 6.07 Å². The van der Waals surface area contributed by atoms with E-state index >= 15 is 0 Å². The average Bonchev–Trinajstić information content (AvgIpc) is 3.22. The number of rotatable bonds is 7. The molecule has 0 atom stereocenters. The Labute approximate surface area is 124 Å². The molecule has 1 saturated carbocycles. The number of carbonyl (C=O) groups excluding carboxylic acids is 1. The van der Waals surface area contributed by atoms with Crippen molar-refractivity contribution < 1.29 is 14.5 Å². The van der Waals surface area contributed by atoms with E-state index in [4.69, 9.17) is 4.74 Å². The van der Waals surface area contributed by atoms with Gasteiger partial charge in [-0.25, -0.2) is 0 Å². The van der Waals surface area contributed by atoms with E-state index in [-0.39, 0.29) is 21.6 Å². The van der Waals surface area contributed by atoms with Crippen LogP contribution in [-0.2, 0) is 4.74 Å². The van der Waals surface area contributed by atoms with E-state index < -0.39 is 4.92 Å². The molecular weight excluding hydrogens is 328 g/mol. The molecule has 0 unspecified atom stereocenters. The molecule has 1 aromatic carbocycles. The van der Waals surface area contributed by atoms with E-state index in [0.29, 0.717) is 19.1 Å². The maximum atomic E-state index is 11.9. The zero-order valence-electron chi connectivity index (χ0n) is 10.8. The zero-order valence-corrected chi connectivity index (χ0v) is 12.4. The quantitative estimate of drug-likeness (QED) is 0.469. The average molecular weight is 343 g/mol. The molecule has 0 spiro atoms. The molecule has 108 valence electrons. The van der Waals surface area contributed by atoms with Crippen molar-refractivity contribution in [3.63, 3.8) is 0 Å². The maximum Gasteiger partial charge on any atom is 0.284 e. The van der Waals surface area contributed by atoms with Crippen molar-refractivity contribution in [2.45, 2.75) is 12.8 Å². The molecule has 1 fully saturated rings. The molecule has 1 amide bonds. The minimum absolute atomic E-state index is 0.123. The predicted molar refractivity (Wildman–Crippen MR) is 76.7 cm³/mol. The Morgan fingerprint density at radius 3 is 2.90 bits per heavy atom. The summed E-state index contributed by atoms with van der Waals surface area (Å²) in [5.74, 6) is 0.340. The second-order valence-electron chi connectivity index (χ2n) is 4.67. The topological polar surface area (TPSA) is 81.5 Å². The number of nitrogens with zero attached hydrogens (tertiary/aromatic N) is 1. The third kappa shape index (κ3) is 4.01. The third-order valence-electron chi connectivity index (χ3n) is 3.00. The molecule has 0 saturated heterocycles. The molecule has 1 N–H and O–H groups in total. The number of ether oxygens (including phenoxy) is 1. The Balaban J connectivity index is 1.84. The van der Waals surface area contributed by atoms with E-state index in [2.05, 4.69) is 21.2 Å². The van der Waals surface area contributed by atoms with Crippen LogP contribution in [0.25, 0.3) is 0 Å². The number of nitro groups is 1. The van der Waals surface area contributed by atoms with Crippen molar-refractivity contribution in [2.24, 2.45) is 5.92 Å². The van der Waals surface area contributed by atoms with E-state index in [1.807, 2.05) is 0 Å². The van der Waals surface area contributed by atoms with Crippen molar-refractivity contribution in [2.75, 3.05) is 19.8 Å². The standard InChI is InChI=1S/C13H15BrN2O4/c14-12-10(2-1-3-11(12)16(18)19)13(17)15-6-7-20-8-9-4-5-9/h1-3,9H,4-8H2,(H,15,17). The van der Waals surface area contributed by atoms with E-state index in [0.717, 1.165) is 6.61 Å². The van der Waals surface area contributed by atoms with Crippen LogP contribution >= 0.6 is 15.9 Å². The Bertz CT molecular complexity index is 517. The van der Waals surface area contributed by atoms with Gasteiger partial charge in [0.1, 0.15) is 4.47 Å². The fourth-order valence-electron chi connectivity index (χ4n) is 1.70. The Morgan fingerprint density at radius 2 is 2.25 bits per heavy atom. The van der Waals surface area contributed by atoms with Crippen molar-refractivity contribution >= 4 is 27.5 Å². The molecule has 2 rings (SSSR count). The van der Waals surface area contributed by atoms with Gasteiger partial charge in [0.2, 0.25) is 0 Å². The highest BCUT2D eigenvalue weighted by Gasteiger charge is 2.21. The van der Waals surface area contributed by atoms with E-state index in [9.17, 15) is 14.9 Å². The first-order valence-corrected chi connectivity index (χ1v) is 7.17. The minimum Gasteiger partial charge on any atom is -0.379 e. The Hall–Kier alpha value is -1.47. The number of hydrogen-bond acceptors (Lipinski definition) is 4. The van der Waals surface area contributed by atoms with E-state index in [1.165, 1.54) is 31.0 Å². The summed E-state index contributed by atoms with van der Waals surface area (Å²) >= 11 is 3.10. The number of halogens is 1. The lowest BCUT2D eigenvalue weighted by atomic mass is 10.2. The first kappa shape index (κ1) is 14.9. The fraction of sp³-hybridized carbons (Fsp3) is 0.462. The molecular formula is C13H15BrN2O4. The maximum absolute atomic E-state index is 11.9. The molecule has 1 aliphatic rings. The van der Waals surface area contributed by atoms with Crippen LogP contribution in [-0.4, -0.2) is 30.6 Å². The van der Waals surface area contributed by atoms with Gasteiger partial charge in [-0.15, -0.1) is 0 Å². The summed E-state index contributed by atoms with van der Waals surface area (Å²) in [4.78, 5) is 22.2. The second kappa shape index (κ2) is 6.81.